The van der Waals surface area contributed by atoms with Gasteiger partial charge in [-0.1, -0.05) is 31.1 Å². The molecule has 0 amide bonds. The minimum Gasteiger partial charge on any atom is -0.497 e. The first kappa shape index (κ1) is 23.0. The van der Waals surface area contributed by atoms with Crippen LogP contribution in [0.15, 0.2) is 64.0 Å². The van der Waals surface area contributed by atoms with Crippen molar-refractivity contribution in [2.45, 2.75) is 31.3 Å². The number of hydrogen-bond acceptors (Lipinski definition) is 8. The highest BCUT2D eigenvalue weighted by molar-refractivity contribution is 7.92. The van der Waals surface area contributed by atoms with Gasteiger partial charge in [0, 0.05) is 17.7 Å². The highest BCUT2D eigenvalue weighted by Gasteiger charge is 2.14. The lowest BCUT2D eigenvalue weighted by Crippen LogP contribution is -2.12. The molecule has 0 spiro atoms. The van der Waals surface area contributed by atoms with E-state index in [4.69, 9.17) is 14.0 Å². The van der Waals surface area contributed by atoms with E-state index in [1.165, 1.54) is 31.4 Å². The van der Waals surface area contributed by atoms with Gasteiger partial charge in [0.2, 0.25) is 0 Å². The Labute approximate surface area is 186 Å². The van der Waals surface area contributed by atoms with Crippen LogP contribution in [0.5, 0.6) is 5.75 Å². The number of carbonyl (C=O) groups excluding carboxylic acids is 1. The van der Waals surface area contributed by atoms with Crippen molar-refractivity contribution in [3.8, 4) is 5.75 Å². The van der Waals surface area contributed by atoms with E-state index in [1.54, 1.807) is 36.4 Å². The molecule has 0 aliphatic carbocycles. The summed E-state index contributed by atoms with van der Waals surface area (Å²) in [4.78, 5) is 16.1. The second kappa shape index (κ2) is 10.1. The van der Waals surface area contributed by atoms with Crippen molar-refractivity contribution in [1.82, 2.24) is 10.1 Å². The monoisotopic (exact) mass is 457 g/mol. The molecule has 0 fully saturated rings. The Bertz CT molecular complexity index is 1180. The van der Waals surface area contributed by atoms with Gasteiger partial charge in [-0.2, -0.15) is 4.98 Å². The van der Waals surface area contributed by atoms with Gasteiger partial charge in [0.05, 0.1) is 12.0 Å². The summed E-state index contributed by atoms with van der Waals surface area (Å²) in [5, 5.41) is 3.79. The van der Waals surface area contributed by atoms with Crippen molar-refractivity contribution in [2.75, 3.05) is 11.8 Å². The Morgan fingerprint density at radius 3 is 2.41 bits per heavy atom. The van der Waals surface area contributed by atoms with Crippen LogP contribution >= 0.6 is 0 Å². The molecule has 3 rings (SSSR count). The number of methoxy groups -OCH3 is 1. The number of anilines is 1. The molecule has 0 saturated carbocycles. The van der Waals surface area contributed by atoms with E-state index in [0.717, 1.165) is 0 Å². The van der Waals surface area contributed by atoms with E-state index in [0.29, 0.717) is 22.8 Å². The number of benzene rings is 2. The fourth-order valence-electron chi connectivity index (χ4n) is 2.54. The highest BCUT2D eigenvalue weighted by atomic mass is 32.2. The predicted molar refractivity (Wildman–Crippen MR) is 117 cm³/mol. The topological polar surface area (TPSA) is 121 Å². The molecule has 1 N–H and O–H groups in total. The van der Waals surface area contributed by atoms with Gasteiger partial charge >= 0.3 is 5.97 Å². The molecule has 1 aromatic heterocycles. The van der Waals surface area contributed by atoms with E-state index in [1.807, 2.05) is 13.8 Å². The molecule has 0 radical (unpaired) electrons. The lowest BCUT2D eigenvalue weighted by atomic mass is 10.2. The van der Waals surface area contributed by atoms with Crippen LogP contribution in [-0.4, -0.2) is 31.6 Å². The lowest BCUT2D eigenvalue weighted by Gasteiger charge is -2.09. The molecule has 32 heavy (non-hydrogen) atoms. The molecule has 0 bridgehead atoms. The Morgan fingerprint density at radius 2 is 1.81 bits per heavy atom. The van der Waals surface area contributed by atoms with Gasteiger partial charge < -0.3 is 14.0 Å². The maximum Gasteiger partial charge on any atom is 0.331 e. The zero-order valence-corrected chi connectivity index (χ0v) is 18.6. The molecule has 10 heteroatoms. The van der Waals surface area contributed by atoms with Gasteiger partial charge in [-0.3, -0.25) is 4.72 Å². The zero-order valence-electron chi connectivity index (χ0n) is 17.8. The maximum absolute atomic E-state index is 12.5. The van der Waals surface area contributed by atoms with Crippen molar-refractivity contribution < 1.29 is 27.2 Å². The Morgan fingerprint density at radius 1 is 1.12 bits per heavy atom. The van der Waals surface area contributed by atoms with Crippen LogP contribution < -0.4 is 9.46 Å². The van der Waals surface area contributed by atoms with Gasteiger partial charge in [0.25, 0.3) is 15.9 Å². The van der Waals surface area contributed by atoms with Gasteiger partial charge in [0.15, 0.2) is 12.4 Å². The molecule has 1 heterocycles. The number of aromatic nitrogens is 2. The van der Waals surface area contributed by atoms with Crippen molar-refractivity contribution >= 4 is 27.8 Å². The van der Waals surface area contributed by atoms with E-state index in [9.17, 15) is 13.2 Å². The van der Waals surface area contributed by atoms with Gasteiger partial charge in [-0.15, -0.1) is 0 Å². The summed E-state index contributed by atoms with van der Waals surface area (Å²) in [5.74, 6) is 0.908. The molecule has 0 unspecified atom stereocenters. The summed E-state index contributed by atoms with van der Waals surface area (Å²) < 4.78 is 42.7. The van der Waals surface area contributed by atoms with Crippen LogP contribution in [0.3, 0.4) is 0 Å². The number of hydrogen-bond donors (Lipinski definition) is 1. The number of carbonyl (C=O) groups is 1. The average molecular weight is 458 g/mol. The van der Waals surface area contributed by atoms with Crippen LogP contribution in [0.4, 0.5) is 5.69 Å². The van der Waals surface area contributed by atoms with E-state index >= 15 is 0 Å². The minimum absolute atomic E-state index is 0.0883. The van der Waals surface area contributed by atoms with Crippen LogP contribution in [-0.2, 0) is 26.2 Å². The third-order valence-electron chi connectivity index (χ3n) is 4.28. The average Bonchev–Trinajstić information content (AvgIpc) is 3.26. The Hall–Kier alpha value is -3.66. The summed E-state index contributed by atoms with van der Waals surface area (Å²) >= 11 is 0. The predicted octanol–water partition coefficient (Wildman–Crippen LogP) is 3.76. The van der Waals surface area contributed by atoms with Gasteiger partial charge in [-0.25, -0.2) is 13.2 Å². The smallest absolute Gasteiger partial charge is 0.331 e. The molecule has 168 valence electrons. The van der Waals surface area contributed by atoms with Gasteiger partial charge in [0.1, 0.15) is 5.75 Å². The quantitative estimate of drug-likeness (QED) is 0.381. The molecule has 9 nitrogen and oxygen atoms in total. The summed E-state index contributed by atoms with van der Waals surface area (Å²) in [6, 6.07) is 12.6. The number of sulfonamides is 1. The molecule has 0 saturated heterocycles. The second-order valence-corrected chi connectivity index (χ2v) is 8.73. The number of rotatable bonds is 9. The van der Waals surface area contributed by atoms with Crippen LogP contribution in [0.1, 0.15) is 37.0 Å². The number of nitrogens with zero attached hydrogens (tertiary/aromatic N) is 2. The van der Waals surface area contributed by atoms with E-state index in [-0.39, 0.29) is 23.3 Å². The summed E-state index contributed by atoms with van der Waals surface area (Å²) in [5.41, 5.74) is 1.05. The van der Waals surface area contributed by atoms with Crippen molar-refractivity contribution in [3.63, 3.8) is 0 Å². The first-order valence-electron chi connectivity index (χ1n) is 9.71. The zero-order chi connectivity index (χ0) is 23.1. The van der Waals surface area contributed by atoms with Crippen molar-refractivity contribution in [1.29, 1.82) is 0 Å². The SMILES string of the molecule is COc1ccc(NS(=O)(=O)c2ccc(/C=C/C(=O)OCc3nc(C(C)C)no3)cc2)cc1. The third kappa shape index (κ3) is 6.17. The molecule has 2 aromatic carbocycles. The van der Waals surface area contributed by atoms with Crippen molar-refractivity contribution in [3.05, 3.63) is 71.9 Å². The summed E-state index contributed by atoms with van der Waals surface area (Å²) in [6.07, 6.45) is 2.75. The fraction of sp³-hybridized carbons (Fsp3) is 0.227. The van der Waals surface area contributed by atoms with Crippen molar-refractivity contribution in [2.24, 2.45) is 0 Å². The molecule has 0 atom stereocenters. The molecule has 3 aromatic rings. The molecular weight excluding hydrogens is 434 g/mol. The van der Waals surface area contributed by atoms with E-state index < -0.39 is 16.0 Å². The number of esters is 1. The Balaban J connectivity index is 1.56. The molecular formula is C22H23N3O6S. The third-order valence-corrected chi connectivity index (χ3v) is 5.68. The number of ether oxygens (including phenoxy) is 2. The summed E-state index contributed by atoms with van der Waals surface area (Å²) in [7, 11) is -2.22. The highest BCUT2D eigenvalue weighted by Crippen LogP contribution is 2.20. The van der Waals surface area contributed by atoms with Crippen LogP contribution in [0.25, 0.3) is 6.08 Å². The normalized spacial score (nSPS) is 11.6. The molecule has 0 aliphatic rings. The molecule has 0 aliphatic heterocycles. The lowest BCUT2D eigenvalue weighted by molar-refractivity contribution is -0.139. The van der Waals surface area contributed by atoms with E-state index in [2.05, 4.69) is 14.9 Å². The fourth-order valence-corrected chi connectivity index (χ4v) is 3.60. The minimum atomic E-state index is -3.75. The largest absolute Gasteiger partial charge is 0.497 e. The first-order chi connectivity index (χ1) is 15.3. The first-order valence-corrected chi connectivity index (χ1v) is 11.2. The van der Waals surface area contributed by atoms with Gasteiger partial charge in [-0.05, 0) is 48.0 Å². The number of nitrogens with one attached hydrogen (secondary N) is 1. The standard InChI is InChI=1S/C22H23N3O6S/c1-15(2)22-23-20(31-24-22)14-30-21(26)13-6-16-4-11-19(12-5-16)32(27,28)25-17-7-9-18(29-3)10-8-17/h4-13,15,25H,14H2,1-3H3/b13-6+. The van der Waals surface area contributed by atoms with Crippen LogP contribution in [0.2, 0.25) is 0 Å². The maximum atomic E-state index is 12.5. The Kier molecular flexibility index (Phi) is 7.26. The van der Waals surface area contributed by atoms with Crippen LogP contribution in [0, 0.1) is 0 Å². The summed E-state index contributed by atoms with van der Waals surface area (Å²) in [6.45, 7) is 3.72. The second-order valence-electron chi connectivity index (χ2n) is 7.05.